The lowest BCUT2D eigenvalue weighted by Gasteiger charge is -2.39. The summed E-state index contributed by atoms with van der Waals surface area (Å²) < 4.78 is 5.26. The predicted molar refractivity (Wildman–Crippen MR) is 170 cm³/mol. The van der Waals surface area contributed by atoms with Crippen LogP contribution in [0.5, 0.6) is 0 Å². The van der Waals surface area contributed by atoms with Gasteiger partial charge in [0, 0.05) is 50.7 Å². The van der Waals surface area contributed by atoms with Gasteiger partial charge >= 0.3 is 12.0 Å². The maximum absolute atomic E-state index is 13.6. The molecule has 45 heavy (non-hydrogen) atoms. The molecule has 0 spiro atoms. The summed E-state index contributed by atoms with van der Waals surface area (Å²) in [6.45, 7) is 3.19. The van der Waals surface area contributed by atoms with Crippen molar-refractivity contribution in [1.29, 1.82) is 0 Å². The van der Waals surface area contributed by atoms with Crippen LogP contribution in [0.2, 0.25) is 0 Å². The van der Waals surface area contributed by atoms with Crippen LogP contribution < -0.4 is 16.0 Å². The number of urea groups is 1. The van der Waals surface area contributed by atoms with Gasteiger partial charge in [0.1, 0.15) is 6.61 Å². The molecule has 12 heteroatoms. The van der Waals surface area contributed by atoms with Crippen molar-refractivity contribution in [2.24, 2.45) is 17.8 Å². The maximum atomic E-state index is 13.6. The lowest BCUT2D eigenvalue weighted by Crippen LogP contribution is -2.51. The van der Waals surface area contributed by atoms with Gasteiger partial charge < -0.3 is 35.4 Å². The number of rotatable bonds is 11. The summed E-state index contributed by atoms with van der Waals surface area (Å²) in [5.74, 6) is -0.280. The quantitative estimate of drug-likeness (QED) is 0.297. The Balaban J connectivity index is 1.20. The van der Waals surface area contributed by atoms with E-state index in [0.717, 1.165) is 32.1 Å². The van der Waals surface area contributed by atoms with E-state index < -0.39 is 5.92 Å². The zero-order valence-corrected chi connectivity index (χ0v) is 27.9. The Labute approximate surface area is 268 Å². The van der Waals surface area contributed by atoms with Gasteiger partial charge in [-0.1, -0.05) is 19.8 Å². The molecule has 5 atom stereocenters. The highest BCUT2D eigenvalue weighted by Gasteiger charge is 2.44. The van der Waals surface area contributed by atoms with Crippen LogP contribution in [0.25, 0.3) is 0 Å². The first-order valence-electron chi connectivity index (χ1n) is 17.2. The summed E-state index contributed by atoms with van der Waals surface area (Å²) in [4.78, 5) is 69.5. The molecule has 0 radical (unpaired) electrons. The van der Waals surface area contributed by atoms with Gasteiger partial charge in [0.25, 0.3) is 0 Å². The van der Waals surface area contributed by atoms with Gasteiger partial charge in [0.15, 0.2) is 0 Å². The SMILES string of the molecule is CC1CCCCC1NC(=O)NC1CCC(CC(=O)NC2CCC3C(C2)C(=O)N(CCC(=O)OCCN(C)C)CC(=O)N3C)CC1. The number of carbonyl (C=O) groups excluding carboxylic acids is 5. The fraction of sp³-hybridized carbons (Fsp3) is 0.848. The highest BCUT2D eigenvalue weighted by molar-refractivity contribution is 5.89. The van der Waals surface area contributed by atoms with Crippen molar-refractivity contribution in [2.45, 2.75) is 115 Å². The van der Waals surface area contributed by atoms with Gasteiger partial charge in [-0.3, -0.25) is 19.2 Å². The molecule has 0 aromatic rings. The number of ether oxygens (including phenoxy) is 1. The van der Waals surface area contributed by atoms with E-state index in [1.165, 1.54) is 24.2 Å². The normalized spacial score (nSPS) is 30.7. The van der Waals surface area contributed by atoms with E-state index in [1.54, 1.807) is 11.9 Å². The maximum Gasteiger partial charge on any atom is 0.315 e. The lowest BCUT2D eigenvalue weighted by molar-refractivity contribution is -0.146. The molecule has 0 aromatic heterocycles. The number of esters is 1. The first kappa shape index (κ1) is 35.0. The van der Waals surface area contributed by atoms with E-state index in [2.05, 4.69) is 22.9 Å². The summed E-state index contributed by atoms with van der Waals surface area (Å²) >= 11 is 0. The summed E-state index contributed by atoms with van der Waals surface area (Å²) in [6.07, 6.45) is 10.5. The van der Waals surface area contributed by atoms with Crippen molar-refractivity contribution in [3.05, 3.63) is 0 Å². The van der Waals surface area contributed by atoms with Crippen molar-refractivity contribution in [3.8, 4) is 0 Å². The standard InChI is InChI=1S/C33H56N6O6/c1-22-7-5-6-8-27(22)36-33(44)35-24-11-9-23(10-12-24)19-29(40)34-25-13-14-28-26(20-25)32(43)39(21-30(41)38(28)4)16-15-31(42)45-18-17-37(2)3/h22-28H,5-21H2,1-4H3,(H,34,40)(H2,35,36,44). The van der Waals surface area contributed by atoms with Crippen molar-refractivity contribution in [2.75, 3.05) is 47.4 Å². The first-order valence-corrected chi connectivity index (χ1v) is 17.2. The van der Waals surface area contributed by atoms with E-state index in [-0.39, 0.29) is 85.9 Å². The van der Waals surface area contributed by atoms with Gasteiger partial charge in [-0.25, -0.2) is 4.79 Å². The second-order valence-electron chi connectivity index (χ2n) is 14.2. The third-order valence-electron chi connectivity index (χ3n) is 10.5. The van der Waals surface area contributed by atoms with Gasteiger partial charge in [-0.2, -0.15) is 0 Å². The Kier molecular flexibility index (Phi) is 12.9. The highest BCUT2D eigenvalue weighted by Crippen LogP contribution is 2.33. The second-order valence-corrected chi connectivity index (χ2v) is 14.2. The van der Waals surface area contributed by atoms with E-state index >= 15 is 0 Å². The minimum atomic E-state index is -0.422. The zero-order valence-electron chi connectivity index (χ0n) is 27.9. The van der Waals surface area contributed by atoms with Crippen LogP contribution in [0.4, 0.5) is 4.79 Å². The van der Waals surface area contributed by atoms with Crippen LogP contribution in [-0.4, -0.2) is 116 Å². The molecule has 4 rings (SSSR count). The molecule has 3 saturated carbocycles. The molecular formula is C33H56N6O6. The van der Waals surface area contributed by atoms with Crippen LogP contribution in [0.15, 0.2) is 0 Å². The average molecular weight is 633 g/mol. The number of hydrogen-bond donors (Lipinski definition) is 3. The molecule has 1 heterocycles. The number of likely N-dealkylation sites (N-methyl/N-ethyl adjacent to an activating group) is 2. The predicted octanol–water partition coefficient (Wildman–Crippen LogP) is 2.26. The molecule has 3 aliphatic carbocycles. The molecule has 1 saturated heterocycles. The van der Waals surface area contributed by atoms with Crippen LogP contribution in [0, 0.1) is 17.8 Å². The topological polar surface area (TPSA) is 140 Å². The third kappa shape index (κ3) is 10.3. The Morgan fingerprint density at radius 3 is 2.33 bits per heavy atom. The molecule has 1 aliphatic heterocycles. The third-order valence-corrected chi connectivity index (χ3v) is 10.5. The van der Waals surface area contributed by atoms with Crippen molar-refractivity contribution >= 4 is 29.7 Å². The van der Waals surface area contributed by atoms with Crippen LogP contribution >= 0.6 is 0 Å². The highest BCUT2D eigenvalue weighted by atomic mass is 16.5. The smallest absolute Gasteiger partial charge is 0.315 e. The summed E-state index contributed by atoms with van der Waals surface area (Å²) in [5, 5.41) is 9.52. The number of carbonyl (C=O) groups is 5. The first-order chi connectivity index (χ1) is 21.5. The average Bonchev–Trinajstić information content (AvgIpc) is 3.08. The molecule has 4 fully saturated rings. The molecule has 254 valence electrons. The minimum Gasteiger partial charge on any atom is -0.464 e. The number of nitrogens with one attached hydrogen (secondary N) is 3. The minimum absolute atomic E-state index is 0.00159. The van der Waals surface area contributed by atoms with Gasteiger partial charge in [-0.05, 0) is 83.7 Å². The van der Waals surface area contributed by atoms with Gasteiger partial charge in [0.2, 0.25) is 17.7 Å². The number of nitrogens with zero attached hydrogens (tertiary/aromatic N) is 3. The largest absolute Gasteiger partial charge is 0.464 e. The molecule has 0 aromatic carbocycles. The van der Waals surface area contributed by atoms with Crippen molar-refractivity contribution in [3.63, 3.8) is 0 Å². The molecule has 0 bridgehead atoms. The number of fused-ring (bicyclic) bond motifs is 1. The zero-order chi connectivity index (χ0) is 32.5. The Morgan fingerprint density at radius 2 is 1.62 bits per heavy atom. The van der Waals surface area contributed by atoms with E-state index in [9.17, 15) is 24.0 Å². The van der Waals surface area contributed by atoms with Crippen LogP contribution in [0.3, 0.4) is 0 Å². The summed E-state index contributed by atoms with van der Waals surface area (Å²) in [7, 11) is 5.54. The summed E-state index contributed by atoms with van der Waals surface area (Å²) in [5.41, 5.74) is 0. The second kappa shape index (κ2) is 16.6. The van der Waals surface area contributed by atoms with Crippen molar-refractivity contribution < 1.29 is 28.7 Å². The number of amides is 5. The fourth-order valence-corrected chi connectivity index (χ4v) is 7.60. The number of hydrogen-bond acceptors (Lipinski definition) is 7. The monoisotopic (exact) mass is 632 g/mol. The molecule has 4 aliphatic rings. The fourth-order valence-electron chi connectivity index (χ4n) is 7.60. The Hall–Kier alpha value is -2.89. The van der Waals surface area contributed by atoms with Gasteiger partial charge in [0.05, 0.1) is 18.9 Å². The molecule has 5 unspecified atom stereocenters. The molecule has 5 amide bonds. The van der Waals surface area contributed by atoms with Gasteiger partial charge in [-0.15, -0.1) is 0 Å². The van der Waals surface area contributed by atoms with Crippen LogP contribution in [-0.2, 0) is 23.9 Å². The molecular weight excluding hydrogens is 576 g/mol. The molecule has 12 nitrogen and oxygen atoms in total. The van der Waals surface area contributed by atoms with E-state index in [0.29, 0.717) is 38.1 Å². The van der Waals surface area contributed by atoms with E-state index in [1.807, 2.05) is 19.0 Å². The van der Waals surface area contributed by atoms with Crippen LogP contribution in [0.1, 0.15) is 90.4 Å². The lowest BCUT2D eigenvalue weighted by atomic mass is 9.79. The van der Waals surface area contributed by atoms with Crippen molar-refractivity contribution in [1.82, 2.24) is 30.7 Å². The van der Waals surface area contributed by atoms with E-state index in [4.69, 9.17) is 4.74 Å². The molecule has 3 N–H and O–H groups in total. The Bertz CT molecular complexity index is 1050. The summed E-state index contributed by atoms with van der Waals surface area (Å²) in [6, 6.07) is -0.0118. The Morgan fingerprint density at radius 1 is 0.911 bits per heavy atom.